The number of phenolic OH excluding ortho intramolecular Hbond substituents is 3. The lowest BCUT2D eigenvalue weighted by Crippen LogP contribution is -2.04. The van der Waals surface area contributed by atoms with Crippen molar-refractivity contribution in [2.45, 2.75) is 53.9 Å². The smallest absolute Gasteiger partial charge is 0.122 e. The minimum Gasteiger partial charge on any atom is -0.508 e. The summed E-state index contributed by atoms with van der Waals surface area (Å²) in [6.07, 6.45) is 2.01. The average Bonchev–Trinajstić information content (AvgIpc) is 2.83. The van der Waals surface area contributed by atoms with E-state index in [0.717, 1.165) is 45.4 Å². The van der Waals surface area contributed by atoms with E-state index >= 15 is 0 Å². The van der Waals surface area contributed by atoms with Crippen LogP contribution < -0.4 is 0 Å². The monoisotopic (exact) mass is 466 g/mol. The molecule has 4 aromatic carbocycles. The van der Waals surface area contributed by atoms with Crippen molar-refractivity contribution in [2.24, 2.45) is 0 Å². The van der Waals surface area contributed by atoms with Gasteiger partial charge in [0.05, 0.1) is 0 Å². The molecule has 3 heteroatoms. The Morgan fingerprint density at radius 1 is 0.514 bits per heavy atom. The lowest BCUT2D eigenvalue weighted by atomic mass is 9.87. The summed E-state index contributed by atoms with van der Waals surface area (Å²) in [6.45, 7) is 10.1. The van der Waals surface area contributed by atoms with Crippen LogP contribution in [0.5, 0.6) is 17.2 Å². The molecule has 0 fully saturated rings. The van der Waals surface area contributed by atoms with Crippen molar-refractivity contribution >= 4 is 0 Å². The Morgan fingerprint density at radius 2 is 0.914 bits per heavy atom. The van der Waals surface area contributed by atoms with Gasteiger partial charge in [0.15, 0.2) is 0 Å². The van der Waals surface area contributed by atoms with Gasteiger partial charge in [-0.05, 0) is 97.7 Å². The Bertz CT molecular complexity index is 1260. The third-order valence-electron chi connectivity index (χ3n) is 7.17. The van der Waals surface area contributed by atoms with E-state index in [1.165, 1.54) is 22.3 Å². The van der Waals surface area contributed by atoms with Crippen LogP contribution in [0.25, 0.3) is 0 Å². The summed E-state index contributed by atoms with van der Waals surface area (Å²) in [4.78, 5) is 0. The van der Waals surface area contributed by atoms with E-state index in [4.69, 9.17) is 0 Å². The molecule has 180 valence electrons. The summed E-state index contributed by atoms with van der Waals surface area (Å²) in [6, 6.07) is 19.8. The Morgan fingerprint density at radius 3 is 1.34 bits per heavy atom. The Kier molecular flexibility index (Phi) is 6.88. The normalized spacial score (nSPS) is 11.1. The van der Waals surface area contributed by atoms with Crippen molar-refractivity contribution < 1.29 is 15.3 Å². The Balaban J connectivity index is 1.71. The van der Waals surface area contributed by atoms with Gasteiger partial charge in [-0.1, -0.05) is 54.1 Å². The molecule has 3 nitrogen and oxygen atoms in total. The van der Waals surface area contributed by atoms with Crippen LogP contribution in [0.2, 0.25) is 0 Å². The molecule has 35 heavy (non-hydrogen) atoms. The molecular weight excluding hydrogens is 432 g/mol. The summed E-state index contributed by atoms with van der Waals surface area (Å²) in [5.74, 6) is 0.940. The molecule has 0 amide bonds. The van der Waals surface area contributed by atoms with E-state index in [-0.39, 0.29) is 5.75 Å². The van der Waals surface area contributed by atoms with Crippen LogP contribution in [-0.4, -0.2) is 15.3 Å². The fourth-order valence-corrected chi connectivity index (χ4v) is 4.83. The molecular formula is C32H34O3. The zero-order chi connectivity index (χ0) is 25.3. The zero-order valence-corrected chi connectivity index (χ0v) is 21.2. The highest BCUT2D eigenvalue weighted by Crippen LogP contribution is 2.35. The molecule has 0 saturated heterocycles. The third-order valence-corrected chi connectivity index (χ3v) is 7.17. The summed E-state index contributed by atoms with van der Waals surface area (Å²) in [5.41, 5.74) is 11.6. The highest BCUT2D eigenvalue weighted by Gasteiger charge is 2.18. The number of rotatable bonds is 6. The van der Waals surface area contributed by atoms with Gasteiger partial charge < -0.3 is 15.3 Å². The summed E-state index contributed by atoms with van der Waals surface area (Å²) < 4.78 is 0. The number of phenols is 3. The van der Waals surface area contributed by atoms with Crippen molar-refractivity contribution in [1.82, 2.24) is 0 Å². The number of benzene rings is 4. The van der Waals surface area contributed by atoms with E-state index in [0.29, 0.717) is 24.3 Å². The number of hydrogen-bond acceptors (Lipinski definition) is 3. The van der Waals surface area contributed by atoms with Gasteiger partial charge >= 0.3 is 0 Å². The first-order chi connectivity index (χ1) is 16.6. The van der Waals surface area contributed by atoms with Crippen LogP contribution in [0.1, 0.15) is 61.2 Å². The molecule has 0 aromatic heterocycles. The van der Waals surface area contributed by atoms with Crippen LogP contribution in [0.3, 0.4) is 0 Å². The van der Waals surface area contributed by atoms with Gasteiger partial charge in [0.2, 0.25) is 0 Å². The Hall–Kier alpha value is -3.72. The highest BCUT2D eigenvalue weighted by atomic mass is 16.3. The molecule has 0 heterocycles. The van der Waals surface area contributed by atoms with Crippen molar-refractivity contribution in [2.75, 3.05) is 0 Å². The molecule has 4 rings (SSSR count). The SMILES string of the molecule is Cc1ccc(Cc2c(C)c(Cc3cc(C)c(O)c(Cc4ccc(O)cc4)c3C)cc(C)c2O)cc1. The van der Waals surface area contributed by atoms with Gasteiger partial charge in [-0.3, -0.25) is 0 Å². The highest BCUT2D eigenvalue weighted by molar-refractivity contribution is 5.55. The van der Waals surface area contributed by atoms with Crippen LogP contribution in [0, 0.1) is 34.6 Å². The fourth-order valence-electron chi connectivity index (χ4n) is 4.83. The van der Waals surface area contributed by atoms with E-state index < -0.39 is 0 Å². The average molecular weight is 467 g/mol. The minimum absolute atomic E-state index is 0.235. The van der Waals surface area contributed by atoms with Gasteiger partial charge in [0, 0.05) is 24.0 Å². The largest absolute Gasteiger partial charge is 0.508 e. The number of aromatic hydroxyl groups is 3. The lowest BCUT2D eigenvalue weighted by molar-refractivity contribution is 0.464. The number of hydrogen-bond donors (Lipinski definition) is 3. The van der Waals surface area contributed by atoms with Gasteiger partial charge in [0.25, 0.3) is 0 Å². The predicted molar refractivity (Wildman–Crippen MR) is 143 cm³/mol. The molecule has 0 aliphatic carbocycles. The van der Waals surface area contributed by atoms with Crippen LogP contribution in [0.4, 0.5) is 0 Å². The Labute approximate surface area is 208 Å². The van der Waals surface area contributed by atoms with Gasteiger partial charge in [-0.2, -0.15) is 0 Å². The van der Waals surface area contributed by atoms with E-state index in [1.54, 1.807) is 12.1 Å². The second kappa shape index (κ2) is 9.87. The minimum atomic E-state index is 0.235. The second-order valence-electron chi connectivity index (χ2n) is 9.79. The molecule has 0 spiro atoms. The first-order valence-corrected chi connectivity index (χ1v) is 12.1. The molecule has 0 aliphatic rings. The van der Waals surface area contributed by atoms with Crippen LogP contribution in [0.15, 0.2) is 60.7 Å². The summed E-state index contributed by atoms with van der Waals surface area (Å²) in [5, 5.41) is 31.4. The fraction of sp³-hybridized carbons (Fsp3) is 0.250. The standard InChI is InChI=1S/C32H34O3/c1-19-6-8-24(9-7-19)16-29-22(4)26(14-20(2)31(29)34)18-27-15-21(3)32(35)30(23(27)5)17-25-10-12-28(33)13-11-25/h6-15,33-35H,16-18H2,1-5H3. The van der Waals surface area contributed by atoms with Crippen LogP contribution >= 0.6 is 0 Å². The molecule has 0 radical (unpaired) electrons. The first kappa shape index (κ1) is 24.4. The predicted octanol–water partition coefficient (Wildman–Crippen LogP) is 7.12. The summed E-state index contributed by atoms with van der Waals surface area (Å²) in [7, 11) is 0. The molecule has 0 aliphatic heterocycles. The van der Waals surface area contributed by atoms with Gasteiger partial charge in [0.1, 0.15) is 17.2 Å². The quantitative estimate of drug-likeness (QED) is 0.284. The van der Waals surface area contributed by atoms with Crippen LogP contribution in [-0.2, 0) is 19.3 Å². The molecule has 0 saturated carbocycles. The zero-order valence-electron chi connectivity index (χ0n) is 21.2. The van der Waals surface area contributed by atoms with Crippen molar-refractivity contribution in [3.8, 4) is 17.2 Å². The molecule has 4 aromatic rings. The molecule has 0 bridgehead atoms. The van der Waals surface area contributed by atoms with Crippen molar-refractivity contribution in [3.63, 3.8) is 0 Å². The van der Waals surface area contributed by atoms with E-state index in [1.807, 2.05) is 26.0 Å². The molecule has 3 N–H and O–H groups in total. The molecule has 0 unspecified atom stereocenters. The van der Waals surface area contributed by atoms with Crippen molar-refractivity contribution in [3.05, 3.63) is 122 Å². The third kappa shape index (κ3) is 5.19. The van der Waals surface area contributed by atoms with Gasteiger partial charge in [-0.25, -0.2) is 0 Å². The summed E-state index contributed by atoms with van der Waals surface area (Å²) >= 11 is 0. The van der Waals surface area contributed by atoms with E-state index in [2.05, 4.69) is 57.2 Å². The van der Waals surface area contributed by atoms with Crippen molar-refractivity contribution in [1.29, 1.82) is 0 Å². The maximum absolute atomic E-state index is 10.9. The number of aryl methyl sites for hydroxylation is 3. The first-order valence-electron chi connectivity index (χ1n) is 12.1. The van der Waals surface area contributed by atoms with E-state index in [9.17, 15) is 15.3 Å². The molecule has 0 atom stereocenters. The maximum atomic E-state index is 10.9. The topological polar surface area (TPSA) is 60.7 Å². The second-order valence-corrected chi connectivity index (χ2v) is 9.79. The van der Waals surface area contributed by atoms with Gasteiger partial charge in [-0.15, -0.1) is 0 Å². The lowest BCUT2D eigenvalue weighted by Gasteiger charge is -2.19. The maximum Gasteiger partial charge on any atom is 0.122 e.